The first-order valence-corrected chi connectivity index (χ1v) is 9.79. The van der Waals surface area contributed by atoms with Gasteiger partial charge in [0.2, 0.25) is 11.8 Å². The molecule has 2 amide bonds. The fourth-order valence-electron chi connectivity index (χ4n) is 3.22. The summed E-state index contributed by atoms with van der Waals surface area (Å²) in [5.41, 5.74) is 1.93. The van der Waals surface area contributed by atoms with Crippen molar-refractivity contribution in [3.05, 3.63) is 64.7 Å². The van der Waals surface area contributed by atoms with Crippen LogP contribution in [0.4, 0.5) is 0 Å². The maximum absolute atomic E-state index is 13.1. The maximum Gasteiger partial charge on any atom is 0.225 e. The molecule has 1 atom stereocenters. The average Bonchev–Trinajstić information content (AvgIpc) is 3.51. The number of carbonyl (C=O) groups excluding carboxylic acids is 2. The van der Waals surface area contributed by atoms with Crippen LogP contribution in [0.25, 0.3) is 0 Å². The zero-order chi connectivity index (χ0) is 20.1. The van der Waals surface area contributed by atoms with E-state index in [1.54, 1.807) is 19.2 Å². The molecule has 0 bridgehead atoms. The van der Waals surface area contributed by atoms with Gasteiger partial charge in [-0.15, -0.1) is 0 Å². The number of methoxy groups -OCH3 is 1. The van der Waals surface area contributed by atoms with Crippen molar-refractivity contribution in [1.82, 2.24) is 10.2 Å². The highest BCUT2D eigenvalue weighted by molar-refractivity contribution is 6.30. The van der Waals surface area contributed by atoms with Gasteiger partial charge in [0.1, 0.15) is 5.75 Å². The minimum Gasteiger partial charge on any atom is -0.497 e. The van der Waals surface area contributed by atoms with Gasteiger partial charge in [0.15, 0.2) is 0 Å². The molecule has 0 heterocycles. The van der Waals surface area contributed by atoms with Gasteiger partial charge in [-0.2, -0.15) is 0 Å². The van der Waals surface area contributed by atoms with Gasteiger partial charge in [-0.25, -0.2) is 0 Å². The second-order valence-corrected chi connectivity index (χ2v) is 7.55. The average molecular weight is 401 g/mol. The van der Waals surface area contributed by atoms with Crippen LogP contribution in [0.1, 0.15) is 43.4 Å². The van der Waals surface area contributed by atoms with Crippen LogP contribution in [0.15, 0.2) is 48.5 Å². The third kappa shape index (κ3) is 5.49. The lowest BCUT2D eigenvalue weighted by atomic mass is 10.0. The molecular weight excluding hydrogens is 376 g/mol. The molecule has 1 aliphatic rings. The molecule has 0 unspecified atom stereocenters. The summed E-state index contributed by atoms with van der Waals surface area (Å²) in [7, 11) is 1.63. The minimum atomic E-state index is -0.376. The lowest BCUT2D eigenvalue weighted by molar-refractivity contribution is -0.133. The molecule has 6 heteroatoms. The Morgan fingerprint density at radius 1 is 1.14 bits per heavy atom. The first kappa shape index (κ1) is 20.2. The van der Waals surface area contributed by atoms with Gasteiger partial charge in [-0.3, -0.25) is 9.59 Å². The zero-order valence-corrected chi connectivity index (χ0v) is 16.9. The molecule has 1 N–H and O–H groups in total. The van der Waals surface area contributed by atoms with Crippen LogP contribution < -0.4 is 10.1 Å². The standard InChI is InChI=1S/C22H25ClN2O3/c1-15(26)24-21(17-5-7-18(23)8-6-17)13-22(27)25(19-9-10-19)14-16-3-11-20(28-2)12-4-16/h3-8,11-12,19,21H,9-10,13-14H2,1-2H3,(H,24,26)/t21-/m1/s1. The van der Waals surface area contributed by atoms with Crippen LogP contribution in [0.2, 0.25) is 5.02 Å². The van der Waals surface area contributed by atoms with Crippen LogP contribution in [-0.4, -0.2) is 29.9 Å². The van der Waals surface area contributed by atoms with Crippen LogP contribution in [-0.2, 0) is 16.1 Å². The predicted molar refractivity (Wildman–Crippen MR) is 109 cm³/mol. The van der Waals surface area contributed by atoms with E-state index in [1.165, 1.54) is 6.92 Å². The molecule has 28 heavy (non-hydrogen) atoms. The number of hydrogen-bond donors (Lipinski definition) is 1. The second-order valence-electron chi connectivity index (χ2n) is 7.11. The van der Waals surface area contributed by atoms with E-state index in [9.17, 15) is 9.59 Å². The smallest absolute Gasteiger partial charge is 0.225 e. The number of amides is 2. The van der Waals surface area contributed by atoms with E-state index in [4.69, 9.17) is 16.3 Å². The Labute approximate surface area is 170 Å². The summed E-state index contributed by atoms with van der Waals surface area (Å²) in [5.74, 6) is 0.661. The highest BCUT2D eigenvalue weighted by atomic mass is 35.5. The van der Waals surface area contributed by atoms with Gasteiger partial charge in [-0.05, 0) is 48.2 Å². The molecule has 3 rings (SSSR count). The van der Waals surface area contributed by atoms with Gasteiger partial charge in [-0.1, -0.05) is 35.9 Å². The Hall–Kier alpha value is -2.53. The number of nitrogens with zero attached hydrogens (tertiary/aromatic N) is 1. The van der Waals surface area contributed by atoms with Crippen molar-refractivity contribution in [2.45, 2.75) is 44.8 Å². The number of carbonyl (C=O) groups is 2. The van der Waals surface area contributed by atoms with E-state index in [-0.39, 0.29) is 30.3 Å². The van der Waals surface area contributed by atoms with Crippen molar-refractivity contribution in [3.8, 4) is 5.75 Å². The Morgan fingerprint density at radius 2 is 1.79 bits per heavy atom. The lowest BCUT2D eigenvalue weighted by Crippen LogP contribution is -2.36. The Bertz CT molecular complexity index is 817. The molecule has 0 radical (unpaired) electrons. The van der Waals surface area contributed by atoms with E-state index < -0.39 is 0 Å². The molecule has 2 aromatic carbocycles. The van der Waals surface area contributed by atoms with Crippen LogP contribution in [0.5, 0.6) is 5.75 Å². The first-order chi connectivity index (χ1) is 13.5. The minimum absolute atomic E-state index is 0.0343. The molecule has 1 aliphatic carbocycles. The van der Waals surface area contributed by atoms with E-state index in [0.717, 1.165) is 29.7 Å². The van der Waals surface area contributed by atoms with E-state index >= 15 is 0 Å². The van der Waals surface area contributed by atoms with Crippen LogP contribution in [0, 0.1) is 0 Å². The summed E-state index contributed by atoms with van der Waals surface area (Å²) in [6, 6.07) is 14.9. The molecule has 2 aromatic rings. The highest BCUT2D eigenvalue weighted by Gasteiger charge is 2.33. The van der Waals surface area contributed by atoms with Crippen LogP contribution in [0.3, 0.4) is 0 Å². The third-order valence-electron chi connectivity index (χ3n) is 4.85. The van der Waals surface area contributed by atoms with Crippen molar-refractivity contribution in [3.63, 3.8) is 0 Å². The number of ether oxygens (including phenoxy) is 1. The second kappa shape index (κ2) is 9.11. The molecule has 0 spiro atoms. The monoisotopic (exact) mass is 400 g/mol. The summed E-state index contributed by atoms with van der Waals surface area (Å²) < 4.78 is 5.20. The van der Waals surface area contributed by atoms with Crippen molar-refractivity contribution < 1.29 is 14.3 Å². The van der Waals surface area contributed by atoms with Gasteiger partial charge in [0, 0.05) is 24.5 Å². The van der Waals surface area contributed by atoms with Gasteiger partial charge >= 0.3 is 0 Å². The summed E-state index contributed by atoms with van der Waals surface area (Å²) in [6.45, 7) is 2.02. The van der Waals surface area contributed by atoms with Crippen LogP contribution >= 0.6 is 11.6 Å². The summed E-state index contributed by atoms with van der Waals surface area (Å²) in [5, 5.41) is 3.51. The Kier molecular flexibility index (Phi) is 6.57. The molecule has 1 saturated carbocycles. The number of rotatable bonds is 8. The number of nitrogens with one attached hydrogen (secondary N) is 1. The molecular formula is C22H25ClN2O3. The summed E-state index contributed by atoms with van der Waals surface area (Å²) >= 11 is 5.97. The quantitative estimate of drug-likeness (QED) is 0.725. The van der Waals surface area contributed by atoms with Crippen molar-refractivity contribution >= 4 is 23.4 Å². The summed E-state index contributed by atoms with van der Waals surface area (Å²) in [4.78, 5) is 26.7. The van der Waals surface area contributed by atoms with E-state index in [0.29, 0.717) is 11.6 Å². The maximum atomic E-state index is 13.1. The lowest BCUT2D eigenvalue weighted by Gasteiger charge is -2.26. The van der Waals surface area contributed by atoms with E-state index in [2.05, 4.69) is 5.32 Å². The Balaban J connectivity index is 1.73. The zero-order valence-electron chi connectivity index (χ0n) is 16.2. The van der Waals surface area contributed by atoms with Gasteiger partial charge < -0.3 is 15.0 Å². The largest absolute Gasteiger partial charge is 0.497 e. The van der Waals surface area contributed by atoms with Gasteiger partial charge in [0.05, 0.1) is 19.6 Å². The summed E-state index contributed by atoms with van der Waals surface area (Å²) in [6.07, 6.45) is 2.26. The first-order valence-electron chi connectivity index (χ1n) is 9.41. The van der Waals surface area contributed by atoms with Crippen molar-refractivity contribution in [2.75, 3.05) is 7.11 Å². The third-order valence-corrected chi connectivity index (χ3v) is 5.10. The molecule has 148 valence electrons. The Morgan fingerprint density at radius 3 is 2.32 bits per heavy atom. The van der Waals surface area contributed by atoms with E-state index in [1.807, 2.05) is 41.3 Å². The van der Waals surface area contributed by atoms with Gasteiger partial charge in [0.25, 0.3) is 0 Å². The van der Waals surface area contributed by atoms with Crippen molar-refractivity contribution in [1.29, 1.82) is 0 Å². The highest BCUT2D eigenvalue weighted by Crippen LogP contribution is 2.31. The molecule has 0 aromatic heterocycles. The topological polar surface area (TPSA) is 58.6 Å². The fraction of sp³-hybridized carbons (Fsp3) is 0.364. The number of benzene rings is 2. The van der Waals surface area contributed by atoms with Crippen molar-refractivity contribution in [2.24, 2.45) is 0 Å². The SMILES string of the molecule is COc1ccc(CN(C(=O)C[C@@H](NC(C)=O)c2ccc(Cl)cc2)C2CC2)cc1. The molecule has 0 aliphatic heterocycles. The molecule has 0 saturated heterocycles. The fourth-order valence-corrected chi connectivity index (χ4v) is 3.35. The number of halogens is 1. The number of hydrogen-bond acceptors (Lipinski definition) is 3. The predicted octanol–water partition coefficient (Wildman–Crippen LogP) is 4.11. The normalized spacial score (nSPS) is 14.2. The molecule has 1 fully saturated rings. The molecule has 5 nitrogen and oxygen atoms in total.